The van der Waals surface area contributed by atoms with Gasteiger partial charge in [-0.3, -0.25) is 0 Å². The van der Waals surface area contributed by atoms with Crippen molar-refractivity contribution in [3.8, 4) is 22.6 Å². The predicted octanol–water partition coefficient (Wildman–Crippen LogP) is 4.63. The van der Waals surface area contributed by atoms with Crippen LogP contribution in [0.3, 0.4) is 0 Å². The fourth-order valence-corrected chi connectivity index (χ4v) is 4.11. The zero-order valence-corrected chi connectivity index (χ0v) is 15.7. The maximum atomic E-state index is 10.3. The second-order valence-electron chi connectivity index (χ2n) is 7.73. The maximum absolute atomic E-state index is 10.3. The second kappa shape index (κ2) is 7.49. The molecule has 1 heterocycles. The van der Waals surface area contributed by atoms with E-state index >= 15 is 0 Å². The summed E-state index contributed by atoms with van der Waals surface area (Å²) < 4.78 is 6.47. The van der Waals surface area contributed by atoms with Crippen LogP contribution in [0.15, 0.2) is 42.5 Å². The van der Waals surface area contributed by atoms with E-state index in [1.54, 1.807) is 19.2 Å². The second-order valence-corrected chi connectivity index (χ2v) is 7.73. The van der Waals surface area contributed by atoms with Crippen molar-refractivity contribution in [2.75, 3.05) is 27.7 Å². The van der Waals surface area contributed by atoms with Crippen LogP contribution >= 0.6 is 0 Å². The van der Waals surface area contributed by atoms with Crippen LogP contribution in [0.25, 0.3) is 11.1 Å². The molecule has 3 nitrogen and oxygen atoms in total. The highest BCUT2D eigenvalue weighted by Gasteiger charge is 2.31. The Morgan fingerprint density at radius 2 is 1.88 bits per heavy atom. The van der Waals surface area contributed by atoms with Gasteiger partial charge in [0.15, 0.2) is 0 Å². The third-order valence-corrected chi connectivity index (χ3v) is 5.77. The van der Waals surface area contributed by atoms with Gasteiger partial charge in [0.05, 0.1) is 33.8 Å². The first-order valence-corrected chi connectivity index (χ1v) is 9.29. The molecule has 0 spiro atoms. The van der Waals surface area contributed by atoms with Gasteiger partial charge in [-0.2, -0.15) is 0 Å². The van der Waals surface area contributed by atoms with Gasteiger partial charge in [0.1, 0.15) is 11.5 Å². The Hall–Kier alpha value is -2.00. The van der Waals surface area contributed by atoms with Gasteiger partial charge in [0.25, 0.3) is 0 Å². The molecule has 0 aliphatic carbocycles. The number of hydrogen-bond donors (Lipinski definition) is 1. The van der Waals surface area contributed by atoms with E-state index in [0.29, 0.717) is 5.75 Å². The Morgan fingerprint density at radius 1 is 1.08 bits per heavy atom. The molecule has 0 radical (unpaired) electrons. The molecule has 0 bridgehead atoms. The lowest BCUT2D eigenvalue weighted by molar-refractivity contribution is -0.920. The highest BCUT2D eigenvalue weighted by Crippen LogP contribution is 2.35. The molecule has 1 aliphatic rings. The van der Waals surface area contributed by atoms with Crippen LogP contribution in [0.1, 0.15) is 31.2 Å². The summed E-state index contributed by atoms with van der Waals surface area (Å²) in [6.45, 7) is 1.28. The third-order valence-electron chi connectivity index (χ3n) is 5.77. The number of hydrogen-bond acceptors (Lipinski definition) is 2. The van der Waals surface area contributed by atoms with Crippen LogP contribution in [-0.2, 0) is 6.42 Å². The van der Waals surface area contributed by atoms with Crippen molar-refractivity contribution in [1.29, 1.82) is 0 Å². The first-order chi connectivity index (χ1) is 12.0. The zero-order valence-electron chi connectivity index (χ0n) is 15.7. The van der Waals surface area contributed by atoms with Crippen LogP contribution in [0, 0.1) is 0 Å². The van der Waals surface area contributed by atoms with E-state index in [4.69, 9.17) is 4.74 Å². The van der Waals surface area contributed by atoms with Crippen molar-refractivity contribution in [2.24, 2.45) is 0 Å². The molecule has 1 fully saturated rings. The number of benzene rings is 2. The monoisotopic (exact) mass is 340 g/mol. The van der Waals surface area contributed by atoms with Crippen LogP contribution in [0.2, 0.25) is 0 Å². The largest absolute Gasteiger partial charge is 0.507 e. The molecule has 25 heavy (non-hydrogen) atoms. The van der Waals surface area contributed by atoms with Gasteiger partial charge in [0.2, 0.25) is 0 Å². The summed E-state index contributed by atoms with van der Waals surface area (Å²) in [5, 5.41) is 10.3. The summed E-state index contributed by atoms with van der Waals surface area (Å²) in [5.74, 6) is 1.08. The average molecular weight is 340 g/mol. The highest BCUT2D eigenvalue weighted by atomic mass is 16.5. The molecule has 1 N–H and O–H groups in total. The van der Waals surface area contributed by atoms with E-state index in [-0.39, 0.29) is 0 Å². The minimum atomic E-state index is 0.307. The molecule has 3 heteroatoms. The lowest BCUT2D eigenvalue weighted by Crippen LogP contribution is -2.51. The van der Waals surface area contributed by atoms with Crippen molar-refractivity contribution in [3.05, 3.63) is 48.0 Å². The molecule has 0 amide bonds. The van der Waals surface area contributed by atoms with Gasteiger partial charge in [-0.15, -0.1) is 0 Å². The summed E-state index contributed by atoms with van der Waals surface area (Å²) >= 11 is 0. The molecule has 1 atom stereocenters. The van der Waals surface area contributed by atoms with Crippen molar-refractivity contribution >= 4 is 0 Å². The van der Waals surface area contributed by atoms with Gasteiger partial charge in [-0.1, -0.05) is 24.3 Å². The van der Waals surface area contributed by atoms with Gasteiger partial charge < -0.3 is 14.3 Å². The SMILES string of the molecule is COc1ccc(O)c(-c2ccccc2CCC2CCCC[N+]2(C)C)c1. The fourth-order valence-electron chi connectivity index (χ4n) is 4.11. The number of nitrogens with zero attached hydrogens (tertiary/aromatic N) is 1. The Balaban J connectivity index is 1.84. The summed E-state index contributed by atoms with van der Waals surface area (Å²) in [6.07, 6.45) is 6.25. The summed E-state index contributed by atoms with van der Waals surface area (Å²) in [5.41, 5.74) is 3.27. The molecule has 1 aliphatic heterocycles. The number of ether oxygens (including phenoxy) is 1. The smallest absolute Gasteiger partial charge is 0.123 e. The average Bonchev–Trinajstić information content (AvgIpc) is 2.61. The van der Waals surface area contributed by atoms with E-state index in [2.05, 4.69) is 32.3 Å². The first kappa shape index (κ1) is 17.8. The van der Waals surface area contributed by atoms with E-state index < -0.39 is 0 Å². The summed E-state index contributed by atoms with van der Waals surface area (Å²) in [6, 6.07) is 14.6. The van der Waals surface area contributed by atoms with Crippen LogP contribution in [-0.4, -0.2) is 43.4 Å². The Bertz CT molecular complexity index is 724. The number of phenolic OH excluding ortho intramolecular Hbond substituents is 1. The zero-order chi connectivity index (χ0) is 17.9. The number of aromatic hydroxyl groups is 1. The third kappa shape index (κ3) is 3.98. The molecule has 0 saturated carbocycles. The molecule has 1 saturated heterocycles. The molecular formula is C22H30NO2+. The molecule has 2 aromatic rings. The first-order valence-electron chi connectivity index (χ1n) is 9.29. The highest BCUT2D eigenvalue weighted by molar-refractivity contribution is 5.74. The molecule has 0 aromatic heterocycles. The topological polar surface area (TPSA) is 29.5 Å². The lowest BCUT2D eigenvalue weighted by atomic mass is 9.91. The van der Waals surface area contributed by atoms with Crippen LogP contribution < -0.4 is 4.74 Å². The quantitative estimate of drug-likeness (QED) is 0.804. The number of phenols is 1. The number of piperidine rings is 1. The van der Waals surface area contributed by atoms with E-state index in [0.717, 1.165) is 33.8 Å². The summed E-state index contributed by atoms with van der Waals surface area (Å²) in [4.78, 5) is 0. The molecule has 134 valence electrons. The van der Waals surface area contributed by atoms with Gasteiger partial charge in [-0.25, -0.2) is 0 Å². The van der Waals surface area contributed by atoms with Gasteiger partial charge in [-0.05, 0) is 55.0 Å². The fraction of sp³-hybridized carbons (Fsp3) is 0.455. The Kier molecular flexibility index (Phi) is 5.33. The maximum Gasteiger partial charge on any atom is 0.123 e. The van der Waals surface area contributed by atoms with Gasteiger partial charge in [0, 0.05) is 12.0 Å². The van der Waals surface area contributed by atoms with Crippen molar-refractivity contribution in [2.45, 2.75) is 38.1 Å². The molecule has 2 aromatic carbocycles. The molecular weight excluding hydrogens is 310 g/mol. The predicted molar refractivity (Wildman–Crippen MR) is 103 cm³/mol. The van der Waals surface area contributed by atoms with Crippen molar-refractivity contribution < 1.29 is 14.3 Å². The van der Waals surface area contributed by atoms with E-state index in [1.165, 1.54) is 37.8 Å². The lowest BCUT2D eigenvalue weighted by Gasteiger charge is -2.42. The van der Waals surface area contributed by atoms with E-state index in [9.17, 15) is 5.11 Å². The number of methoxy groups -OCH3 is 1. The number of rotatable bonds is 5. The summed E-state index contributed by atoms with van der Waals surface area (Å²) in [7, 11) is 6.39. The molecule has 1 unspecified atom stereocenters. The molecule has 3 rings (SSSR count). The Labute approximate surface area is 151 Å². The number of quaternary nitrogens is 1. The van der Waals surface area contributed by atoms with Crippen molar-refractivity contribution in [1.82, 2.24) is 0 Å². The van der Waals surface area contributed by atoms with Crippen LogP contribution in [0.4, 0.5) is 0 Å². The minimum absolute atomic E-state index is 0.307. The van der Waals surface area contributed by atoms with Gasteiger partial charge >= 0.3 is 0 Å². The number of likely N-dealkylation sites (tertiary alicyclic amines) is 1. The Morgan fingerprint density at radius 3 is 2.64 bits per heavy atom. The number of aryl methyl sites for hydroxylation is 1. The normalized spacial score (nSPS) is 19.6. The van der Waals surface area contributed by atoms with Crippen molar-refractivity contribution in [3.63, 3.8) is 0 Å². The van der Waals surface area contributed by atoms with E-state index in [1.807, 2.05) is 12.1 Å². The standard InChI is InChI=1S/C22H29NO2/c1-23(2)15-7-6-9-18(23)12-11-17-8-4-5-10-20(17)21-16-19(25-3)13-14-22(21)24/h4-5,8,10,13-14,16,18H,6-7,9,11-12,15H2,1-3H3/p+1. The van der Waals surface area contributed by atoms with Crippen LogP contribution in [0.5, 0.6) is 11.5 Å². The minimum Gasteiger partial charge on any atom is -0.507 e.